The largest absolute Gasteiger partial charge is 0.507 e. The van der Waals surface area contributed by atoms with Gasteiger partial charge in [0.25, 0.3) is 11.7 Å². The lowest BCUT2D eigenvalue weighted by molar-refractivity contribution is -0.139. The van der Waals surface area contributed by atoms with Crippen molar-refractivity contribution in [3.05, 3.63) is 75.8 Å². The number of nitrogens with zero attached hydrogens (tertiary/aromatic N) is 2. The summed E-state index contributed by atoms with van der Waals surface area (Å²) in [5.41, 5.74) is 1.46. The lowest BCUT2D eigenvalue weighted by atomic mass is 9.95. The van der Waals surface area contributed by atoms with E-state index in [0.717, 1.165) is 23.0 Å². The molecule has 0 radical (unpaired) electrons. The molecule has 1 fully saturated rings. The fourth-order valence-corrected chi connectivity index (χ4v) is 3.68. The molecule has 2 aromatic carbocycles. The molecule has 1 atom stereocenters. The summed E-state index contributed by atoms with van der Waals surface area (Å²) in [4.78, 5) is 29.2. The van der Waals surface area contributed by atoms with Crippen molar-refractivity contribution >= 4 is 33.4 Å². The Morgan fingerprint density at radius 2 is 1.71 bits per heavy atom. The zero-order chi connectivity index (χ0) is 20.3. The van der Waals surface area contributed by atoms with Crippen molar-refractivity contribution in [3.63, 3.8) is 0 Å². The number of aliphatic hydroxyl groups excluding tert-OH is 1. The Morgan fingerprint density at radius 3 is 2.32 bits per heavy atom. The molecule has 2 aromatic rings. The second-order valence-corrected chi connectivity index (χ2v) is 7.98. The average Bonchev–Trinajstić information content (AvgIpc) is 2.93. The number of hydrogen-bond donors (Lipinski definition) is 1. The maximum Gasteiger partial charge on any atom is 0.295 e. The normalized spacial score (nSPS) is 18.9. The number of carbonyl (C=O) groups is 2. The minimum Gasteiger partial charge on any atom is -0.507 e. The second-order valence-electron chi connectivity index (χ2n) is 7.07. The summed E-state index contributed by atoms with van der Waals surface area (Å²) in [6.45, 7) is 1.25. The highest BCUT2D eigenvalue weighted by Crippen LogP contribution is 2.39. The van der Waals surface area contributed by atoms with Crippen molar-refractivity contribution in [3.8, 4) is 0 Å². The van der Waals surface area contributed by atoms with E-state index >= 15 is 0 Å². The van der Waals surface area contributed by atoms with Crippen LogP contribution in [0.5, 0.6) is 0 Å². The quantitative estimate of drug-likeness (QED) is 0.419. The molecule has 1 aliphatic rings. The van der Waals surface area contributed by atoms with Crippen molar-refractivity contribution in [2.45, 2.75) is 12.5 Å². The summed E-state index contributed by atoms with van der Waals surface area (Å²) in [5.74, 6) is -1.35. The van der Waals surface area contributed by atoms with Crippen LogP contribution >= 0.6 is 15.9 Å². The molecule has 1 N–H and O–H groups in total. The van der Waals surface area contributed by atoms with Crippen LogP contribution in [0.25, 0.3) is 5.76 Å². The number of carbonyl (C=O) groups excluding carboxylic acids is 2. The van der Waals surface area contributed by atoms with Crippen LogP contribution in [-0.2, 0) is 9.59 Å². The molecule has 0 bridgehead atoms. The molecule has 1 heterocycles. The van der Waals surface area contributed by atoms with Crippen molar-refractivity contribution in [2.24, 2.45) is 0 Å². The molecule has 5 nitrogen and oxygen atoms in total. The minimum absolute atomic E-state index is 0.142. The summed E-state index contributed by atoms with van der Waals surface area (Å²) in [6.07, 6.45) is 0.738. The summed E-state index contributed by atoms with van der Waals surface area (Å²) in [5, 5.41) is 10.9. The number of amides is 1. The van der Waals surface area contributed by atoms with Crippen molar-refractivity contribution < 1.29 is 14.7 Å². The minimum atomic E-state index is -0.640. The van der Waals surface area contributed by atoms with Gasteiger partial charge < -0.3 is 14.9 Å². The van der Waals surface area contributed by atoms with Crippen LogP contribution in [0.4, 0.5) is 0 Å². The second kappa shape index (κ2) is 8.71. The molecular weight excluding hydrogens is 420 g/mol. The van der Waals surface area contributed by atoms with E-state index in [1.165, 1.54) is 0 Å². The first-order valence-corrected chi connectivity index (χ1v) is 9.93. The Kier molecular flexibility index (Phi) is 6.31. The Bertz CT molecular complexity index is 892. The van der Waals surface area contributed by atoms with Gasteiger partial charge in [0.2, 0.25) is 0 Å². The molecule has 0 aliphatic carbocycles. The fraction of sp³-hybridized carbons (Fsp3) is 0.273. The summed E-state index contributed by atoms with van der Waals surface area (Å²) in [7, 11) is 3.94. The van der Waals surface area contributed by atoms with Crippen molar-refractivity contribution in [1.29, 1.82) is 0 Å². The SMILES string of the molecule is CN(C)CCCN1C(=O)C(=O)/C(=C(/O)c2ccc(Br)cc2)[C@@H]1c1ccccc1. The first kappa shape index (κ1) is 20.3. The van der Waals surface area contributed by atoms with Gasteiger partial charge in [-0.2, -0.15) is 0 Å². The molecule has 0 unspecified atom stereocenters. The highest BCUT2D eigenvalue weighted by Gasteiger charge is 2.45. The smallest absolute Gasteiger partial charge is 0.295 e. The standard InChI is InChI=1S/C22H23BrN2O3/c1-24(2)13-6-14-25-19(15-7-4-3-5-8-15)18(21(27)22(25)28)20(26)16-9-11-17(23)12-10-16/h3-5,7-12,19,26H,6,13-14H2,1-2H3/b20-18+/t19-/m0/s1. The predicted molar refractivity (Wildman–Crippen MR) is 113 cm³/mol. The van der Waals surface area contributed by atoms with Gasteiger partial charge in [-0.25, -0.2) is 0 Å². The zero-order valence-corrected chi connectivity index (χ0v) is 17.5. The van der Waals surface area contributed by atoms with Crippen LogP contribution in [-0.4, -0.2) is 53.8 Å². The molecule has 3 rings (SSSR count). The number of ketones is 1. The summed E-state index contributed by atoms with van der Waals surface area (Å²) < 4.78 is 0.868. The van der Waals surface area contributed by atoms with Crippen molar-refractivity contribution in [2.75, 3.05) is 27.2 Å². The lowest BCUT2D eigenvalue weighted by Crippen LogP contribution is -2.32. The lowest BCUT2D eigenvalue weighted by Gasteiger charge is -2.26. The molecule has 1 aliphatic heterocycles. The molecule has 6 heteroatoms. The average molecular weight is 443 g/mol. The number of halogens is 1. The van der Waals surface area contributed by atoms with E-state index in [-0.39, 0.29) is 11.3 Å². The van der Waals surface area contributed by atoms with Crippen LogP contribution < -0.4 is 0 Å². The zero-order valence-electron chi connectivity index (χ0n) is 15.9. The highest BCUT2D eigenvalue weighted by atomic mass is 79.9. The number of hydrogen-bond acceptors (Lipinski definition) is 4. The third kappa shape index (κ3) is 4.18. The number of benzene rings is 2. The molecule has 0 saturated carbocycles. The maximum atomic E-state index is 12.8. The van der Waals surface area contributed by atoms with Gasteiger partial charge in [0, 0.05) is 16.6 Å². The Balaban J connectivity index is 2.06. The van der Waals surface area contributed by atoms with Gasteiger partial charge >= 0.3 is 0 Å². The predicted octanol–water partition coefficient (Wildman–Crippen LogP) is 3.82. The summed E-state index contributed by atoms with van der Waals surface area (Å²) >= 11 is 3.37. The van der Waals surface area contributed by atoms with Gasteiger partial charge in [-0.05, 0) is 44.8 Å². The van der Waals surface area contributed by atoms with Gasteiger partial charge in [0.05, 0.1) is 11.6 Å². The van der Waals surface area contributed by atoms with Gasteiger partial charge in [0.15, 0.2) is 0 Å². The number of aliphatic hydroxyl groups is 1. The van der Waals surface area contributed by atoms with E-state index in [4.69, 9.17) is 0 Å². The molecule has 1 saturated heterocycles. The fourth-order valence-electron chi connectivity index (χ4n) is 3.41. The summed E-state index contributed by atoms with van der Waals surface area (Å²) in [6, 6.07) is 15.8. The molecule has 0 aromatic heterocycles. The van der Waals surface area contributed by atoms with E-state index in [0.29, 0.717) is 12.1 Å². The first-order chi connectivity index (χ1) is 13.4. The molecular formula is C22H23BrN2O3. The van der Waals surface area contributed by atoms with Crippen LogP contribution in [0.3, 0.4) is 0 Å². The first-order valence-electron chi connectivity index (χ1n) is 9.14. The molecule has 146 valence electrons. The Morgan fingerprint density at radius 1 is 1.07 bits per heavy atom. The van der Waals surface area contributed by atoms with E-state index in [1.807, 2.05) is 49.3 Å². The van der Waals surface area contributed by atoms with Gasteiger partial charge in [-0.3, -0.25) is 9.59 Å². The third-order valence-electron chi connectivity index (χ3n) is 4.78. The molecule has 1 amide bonds. The van der Waals surface area contributed by atoms with E-state index < -0.39 is 17.7 Å². The maximum absolute atomic E-state index is 12.8. The number of likely N-dealkylation sites (tertiary alicyclic amines) is 1. The topological polar surface area (TPSA) is 60.9 Å². The molecule has 28 heavy (non-hydrogen) atoms. The van der Waals surface area contributed by atoms with E-state index in [2.05, 4.69) is 15.9 Å². The van der Waals surface area contributed by atoms with E-state index in [9.17, 15) is 14.7 Å². The van der Waals surface area contributed by atoms with Gasteiger partial charge in [0.1, 0.15) is 5.76 Å². The van der Waals surface area contributed by atoms with Gasteiger partial charge in [-0.1, -0.05) is 58.4 Å². The highest BCUT2D eigenvalue weighted by molar-refractivity contribution is 9.10. The van der Waals surface area contributed by atoms with Crippen LogP contribution in [0.15, 0.2) is 64.6 Å². The molecule has 0 spiro atoms. The van der Waals surface area contributed by atoms with E-state index in [1.54, 1.807) is 29.2 Å². The Hall–Kier alpha value is -2.44. The third-order valence-corrected chi connectivity index (χ3v) is 5.31. The monoisotopic (exact) mass is 442 g/mol. The van der Waals surface area contributed by atoms with Crippen LogP contribution in [0.1, 0.15) is 23.6 Å². The number of rotatable bonds is 6. The Labute approximate surface area is 173 Å². The van der Waals surface area contributed by atoms with Gasteiger partial charge in [-0.15, -0.1) is 0 Å². The van der Waals surface area contributed by atoms with Crippen molar-refractivity contribution in [1.82, 2.24) is 9.80 Å². The van der Waals surface area contributed by atoms with Crippen LogP contribution in [0, 0.1) is 0 Å². The number of Topliss-reactive ketones (excluding diaryl/α,β-unsaturated/α-hetero) is 1. The van der Waals surface area contributed by atoms with Crippen LogP contribution in [0.2, 0.25) is 0 Å².